The summed E-state index contributed by atoms with van der Waals surface area (Å²) < 4.78 is 0. The standard InChI is InChI=1S/C14H14N2OS/c17-13-11-7-4-8-12(11)15-14(16-13)18-9-10-5-2-1-3-6-10/h1-3,5-6,11H,4,7-9H2. The van der Waals surface area contributed by atoms with E-state index in [1.54, 1.807) is 11.8 Å². The minimum atomic E-state index is -0.00826. The Kier molecular flexibility index (Phi) is 3.28. The summed E-state index contributed by atoms with van der Waals surface area (Å²) in [5.74, 6) is 0.813. The predicted molar refractivity (Wildman–Crippen MR) is 75.0 cm³/mol. The molecule has 1 fully saturated rings. The van der Waals surface area contributed by atoms with Gasteiger partial charge in [0.2, 0.25) is 0 Å². The lowest BCUT2D eigenvalue weighted by Crippen LogP contribution is -2.22. The van der Waals surface area contributed by atoms with Crippen LogP contribution in [0.5, 0.6) is 0 Å². The smallest absolute Gasteiger partial charge is 0.256 e. The van der Waals surface area contributed by atoms with E-state index in [0.717, 1.165) is 30.7 Å². The second-order valence-electron chi connectivity index (χ2n) is 4.55. The van der Waals surface area contributed by atoms with Crippen LogP contribution in [0.4, 0.5) is 0 Å². The summed E-state index contributed by atoms with van der Waals surface area (Å²) in [4.78, 5) is 20.4. The largest absolute Gasteiger partial charge is 0.272 e. The third kappa shape index (κ3) is 2.38. The first kappa shape index (κ1) is 11.7. The Balaban J connectivity index is 1.69. The average molecular weight is 258 g/mol. The molecular weight excluding hydrogens is 244 g/mol. The van der Waals surface area contributed by atoms with Crippen LogP contribution in [0.1, 0.15) is 24.8 Å². The monoisotopic (exact) mass is 258 g/mol. The van der Waals surface area contributed by atoms with E-state index >= 15 is 0 Å². The van der Waals surface area contributed by atoms with E-state index in [2.05, 4.69) is 22.1 Å². The highest BCUT2D eigenvalue weighted by molar-refractivity contribution is 8.13. The first-order valence-electron chi connectivity index (χ1n) is 6.19. The van der Waals surface area contributed by atoms with Crippen LogP contribution in [-0.2, 0) is 10.5 Å². The van der Waals surface area contributed by atoms with E-state index in [0.29, 0.717) is 5.17 Å². The number of hydrogen-bond donors (Lipinski definition) is 0. The highest BCUT2D eigenvalue weighted by atomic mass is 32.2. The number of rotatable bonds is 2. The fourth-order valence-electron chi connectivity index (χ4n) is 2.33. The van der Waals surface area contributed by atoms with Crippen LogP contribution >= 0.6 is 11.8 Å². The van der Waals surface area contributed by atoms with Crippen molar-refractivity contribution in [1.29, 1.82) is 0 Å². The van der Waals surface area contributed by atoms with Gasteiger partial charge in [-0.15, -0.1) is 0 Å². The lowest BCUT2D eigenvalue weighted by atomic mass is 10.1. The molecule has 0 radical (unpaired) electrons. The van der Waals surface area contributed by atoms with Crippen LogP contribution in [0.15, 0.2) is 40.3 Å². The highest BCUT2D eigenvalue weighted by Gasteiger charge is 2.32. The van der Waals surface area contributed by atoms with Crippen LogP contribution in [0.25, 0.3) is 0 Å². The Morgan fingerprint density at radius 2 is 2.06 bits per heavy atom. The summed E-state index contributed by atoms with van der Waals surface area (Å²) >= 11 is 1.54. The van der Waals surface area contributed by atoms with Gasteiger partial charge in [0.05, 0.1) is 5.92 Å². The Bertz CT molecular complexity index is 522. The van der Waals surface area contributed by atoms with Gasteiger partial charge in [0.25, 0.3) is 5.91 Å². The molecule has 0 aromatic heterocycles. The number of carbonyl (C=O) groups excluding carboxylic acids is 1. The third-order valence-corrected chi connectivity index (χ3v) is 4.20. The summed E-state index contributed by atoms with van der Waals surface area (Å²) in [5.41, 5.74) is 2.27. The van der Waals surface area contributed by atoms with Gasteiger partial charge in [0, 0.05) is 11.5 Å². The quantitative estimate of drug-likeness (QED) is 0.818. The summed E-state index contributed by atoms with van der Waals surface area (Å²) in [6.45, 7) is 0. The van der Waals surface area contributed by atoms with E-state index < -0.39 is 0 Å². The second kappa shape index (κ2) is 5.06. The van der Waals surface area contributed by atoms with Crippen molar-refractivity contribution in [3.8, 4) is 0 Å². The molecule has 3 rings (SSSR count). The molecule has 1 saturated carbocycles. The molecule has 0 bridgehead atoms. The molecule has 1 aromatic rings. The molecule has 3 nitrogen and oxygen atoms in total. The summed E-state index contributed by atoms with van der Waals surface area (Å²) in [7, 11) is 0. The van der Waals surface area contributed by atoms with Gasteiger partial charge in [-0.05, 0) is 24.8 Å². The maximum atomic E-state index is 11.8. The van der Waals surface area contributed by atoms with Crippen LogP contribution in [0.2, 0.25) is 0 Å². The topological polar surface area (TPSA) is 41.8 Å². The molecule has 18 heavy (non-hydrogen) atoms. The van der Waals surface area contributed by atoms with Crippen molar-refractivity contribution >= 4 is 28.5 Å². The number of hydrogen-bond acceptors (Lipinski definition) is 3. The van der Waals surface area contributed by atoms with Crippen LogP contribution in [0, 0.1) is 5.92 Å². The minimum Gasteiger partial charge on any atom is -0.272 e. The molecule has 1 aliphatic carbocycles. The molecule has 1 unspecified atom stereocenters. The van der Waals surface area contributed by atoms with E-state index in [4.69, 9.17) is 0 Å². The lowest BCUT2D eigenvalue weighted by molar-refractivity contribution is -0.119. The molecule has 1 aliphatic heterocycles. The van der Waals surface area contributed by atoms with E-state index in [1.807, 2.05) is 18.2 Å². The average Bonchev–Trinajstić information content (AvgIpc) is 2.86. The number of carbonyl (C=O) groups is 1. The number of amidine groups is 1. The van der Waals surface area contributed by atoms with Gasteiger partial charge in [0.15, 0.2) is 5.17 Å². The van der Waals surface area contributed by atoms with Crippen LogP contribution in [-0.4, -0.2) is 16.8 Å². The predicted octanol–water partition coefficient (Wildman–Crippen LogP) is 3.06. The van der Waals surface area contributed by atoms with Gasteiger partial charge in [-0.1, -0.05) is 42.1 Å². The number of thioether (sulfide) groups is 1. The summed E-state index contributed by atoms with van der Waals surface area (Å²) in [5, 5.41) is 0.636. The zero-order valence-electron chi connectivity index (χ0n) is 10.0. The molecule has 2 aliphatic rings. The summed E-state index contributed by atoms with van der Waals surface area (Å²) in [6.07, 6.45) is 2.96. The number of nitrogens with zero attached hydrogens (tertiary/aromatic N) is 2. The van der Waals surface area contributed by atoms with Crippen LogP contribution < -0.4 is 0 Å². The molecule has 1 aromatic carbocycles. The van der Waals surface area contributed by atoms with Crippen LogP contribution in [0.3, 0.4) is 0 Å². The molecule has 92 valence electrons. The van der Waals surface area contributed by atoms with Crippen molar-refractivity contribution in [2.45, 2.75) is 25.0 Å². The van der Waals surface area contributed by atoms with Gasteiger partial charge < -0.3 is 0 Å². The molecule has 1 heterocycles. The number of amides is 1. The fraction of sp³-hybridized carbons (Fsp3) is 0.357. The molecule has 0 spiro atoms. The highest BCUT2D eigenvalue weighted by Crippen LogP contribution is 2.29. The first-order chi connectivity index (χ1) is 8.83. The van der Waals surface area contributed by atoms with E-state index in [-0.39, 0.29) is 11.8 Å². The maximum absolute atomic E-state index is 11.8. The second-order valence-corrected chi connectivity index (χ2v) is 5.50. The van der Waals surface area contributed by atoms with Crippen molar-refractivity contribution in [2.24, 2.45) is 15.9 Å². The van der Waals surface area contributed by atoms with Gasteiger partial charge in [-0.3, -0.25) is 4.79 Å². The van der Waals surface area contributed by atoms with Gasteiger partial charge in [-0.25, -0.2) is 4.99 Å². The number of benzene rings is 1. The molecule has 0 saturated heterocycles. The van der Waals surface area contributed by atoms with Crippen molar-refractivity contribution in [2.75, 3.05) is 0 Å². The SMILES string of the molecule is O=C1N=C(SCc2ccccc2)N=C2CCCC12. The third-order valence-electron chi connectivity index (χ3n) is 3.28. The zero-order valence-corrected chi connectivity index (χ0v) is 10.8. The Hall–Kier alpha value is -1.42. The Morgan fingerprint density at radius 1 is 1.22 bits per heavy atom. The van der Waals surface area contributed by atoms with E-state index in [1.165, 1.54) is 5.56 Å². The van der Waals surface area contributed by atoms with Gasteiger partial charge >= 0.3 is 0 Å². The van der Waals surface area contributed by atoms with Crippen molar-refractivity contribution < 1.29 is 4.79 Å². The Labute approximate surface area is 110 Å². The Morgan fingerprint density at radius 3 is 2.89 bits per heavy atom. The minimum absolute atomic E-state index is 0.00746. The molecule has 1 atom stereocenters. The van der Waals surface area contributed by atoms with Crippen molar-refractivity contribution in [3.05, 3.63) is 35.9 Å². The fourth-order valence-corrected chi connectivity index (χ4v) is 3.16. The molecule has 0 N–H and O–H groups in total. The number of fused-ring (bicyclic) bond motifs is 1. The maximum Gasteiger partial charge on any atom is 0.256 e. The van der Waals surface area contributed by atoms with Gasteiger partial charge in [0.1, 0.15) is 0 Å². The zero-order chi connectivity index (χ0) is 12.4. The molecular formula is C14H14N2OS. The number of aliphatic imine (C=N–C) groups is 2. The van der Waals surface area contributed by atoms with Crippen molar-refractivity contribution in [3.63, 3.8) is 0 Å². The van der Waals surface area contributed by atoms with Crippen molar-refractivity contribution in [1.82, 2.24) is 0 Å². The van der Waals surface area contributed by atoms with E-state index in [9.17, 15) is 4.79 Å². The summed E-state index contributed by atoms with van der Waals surface area (Å²) in [6, 6.07) is 10.2. The first-order valence-corrected chi connectivity index (χ1v) is 7.18. The molecule has 4 heteroatoms. The normalized spacial score (nSPS) is 22.4. The molecule has 1 amide bonds. The lowest BCUT2D eigenvalue weighted by Gasteiger charge is -2.13. The van der Waals surface area contributed by atoms with Gasteiger partial charge in [-0.2, -0.15) is 4.99 Å².